The lowest BCUT2D eigenvalue weighted by Crippen LogP contribution is -2.48. The van der Waals surface area contributed by atoms with Crippen LogP contribution in [0.25, 0.3) is 10.8 Å². The Morgan fingerprint density at radius 3 is 1.41 bits per heavy atom. The van der Waals surface area contributed by atoms with Gasteiger partial charge in [0.1, 0.15) is 28.6 Å². The van der Waals surface area contributed by atoms with Gasteiger partial charge >= 0.3 is 41.8 Å². The van der Waals surface area contributed by atoms with E-state index in [0.29, 0.717) is 36.8 Å². The number of esters is 7. The van der Waals surface area contributed by atoms with Crippen molar-refractivity contribution in [3.63, 3.8) is 0 Å². The van der Waals surface area contributed by atoms with Crippen LogP contribution < -0.4 is 18.9 Å². The summed E-state index contributed by atoms with van der Waals surface area (Å²) >= 11 is 0. The number of rotatable bonds is 19. The van der Waals surface area contributed by atoms with Crippen molar-refractivity contribution in [3.8, 4) is 23.0 Å². The third kappa shape index (κ3) is 26.1. The van der Waals surface area contributed by atoms with Crippen molar-refractivity contribution in [1.82, 2.24) is 0 Å². The van der Waals surface area contributed by atoms with Gasteiger partial charge in [0, 0.05) is 11.8 Å². The van der Waals surface area contributed by atoms with Gasteiger partial charge < -0.3 is 47.4 Å². The summed E-state index contributed by atoms with van der Waals surface area (Å²) in [7, 11) is 10.5. The average molecular weight is 1290 g/mol. The standard InChI is InChI=1S/C15H18O.C13H22O4.C13H18O3.C11H16O.C10H16O4.C7H14O2.C6H12O2/c1-4-11(2)12-9-10-15(16-3)14-8-6-5-7-13(12)14;1-9(2)13(4)7-6-12(3,17-11(13)15)8-10(14)16-5;1-5-13(2,3)12(14)16-11-8-6-10(15-4)7-9-11;1-4-9(2)10-5-7-11(12-3)8-6-10;1-5-9(2)6-10(3,8(12)13-4)14-7(9)11;1-5-7(2,3)6(8)9-4;1-4-5(2)6(7)8-3/h5-11H,4H2,1-3H3;9H,6-8H2,1-5H3;6-9H,5H2,1-4H3;5-9H,4H2,1-3H3;5-6H2,1-4H3;5H2,1-4H3;5H,4H2,1-3H3. The first kappa shape index (κ1) is 84.8. The van der Waals surface area contributed by atoms with Crippen LogP contribution in [-0.4, -0.2) is 103 Å². The Balaban J connectivity index is 0.00000106. The van der Waals surface area contributed by atoms with E-state index in [2.05, 4.69) is 95.2 Å². The molecule has 4 aromatic carbocycles. The van der Waals surface area contributed by atoms with E-state index in [1.54, 1.807) is 59.4 Å². The van der Waals surface area contributed by atoms with Gasteiger partial charge in [-0.15, -0.1) is 0 Å². The highest BCUT2D eigenvalue weighted by molar-refractivity contribution is 5.92. The second-order valence-electron chi connectivity index (χ2n) is 26.0. The van der Waals surface area contributed by atoms with Gasteiger partial charge in [-0.3, -0.25) is 28.8 Å². The highest BCUT2D eigenvalue weighted by Crippen LogP contribution is 2.45. The van der Waals surface area contributed by atoms with Gasteiger partial charge in [-0.25, -0.2) is 4.79 Å². The minimum Gasteiger partial charge on any atom is -0.497 e. The van der Waals surface area contributed by atoms with Crippen LogP contribution in [0.1, 0.15) is 219 Å². The first-order valence-electron chi connectivity index (χ1n) is 32.3. The number of ether oxygens (including phenoxy) is 10. The summed E-state index contributed by atoms with van der Waals surface area (Å²) in [5.41, 5.74) is -0.750. The fraction of sp³-hybridized carbons (Fsp3) is 0.613. The number of benzene rings is 4. The first-order chi connectivity index (χ1) is 42.9. The molecule has 0 saturated carbocycles. The van der Waals surface area contributed by atoms with Gasteiger partial charge in [0.25, 0.3) is 0 Å². The topological polar surface area (TPSA) is 212 Å². The summed E-state index contributed by atoms with van der Waals surface area (Å²) in [6, 6.07) is 28.0. The third-order valence-corrected chi connectivity index (χ3v) is 18.1. The molecule has 92 heavy (non-hydrogen) atoms. The Bertz CT molecular complexity index is 2890. The zero-order valence-corrected chi connectivity index (χ0v) is 60.9. The maximum absolute atomic E-state index is 12.1. The molecule has 518 valence electrons. The van der Waals surface area contributed by atoms with Crippen molar-refractivity contribution in [2.45, 2.75) is 219 Å². The summed E-state index contributed by atoms with van der Waals surface area (Å²) in [5, 5.41) is 2.53. The quantitative estimate of drug-likeness (QED) is 0.0485. The smallest absolute Gasteiger partial charge is 0.350 e. The zero-order chi connectivity index (χ0) is 71.0. The zero-order valence-electron chi connectivity index (χ0n) is 60.9. The molecule has 0 spiro atoms. The van der Waals surface area contributed by atoms with Gasteiger partial charge in [-0.05, 0) is 183 Å². The SMILES string of the molecule is CCC(C)(C)C(=O)OC.CCC(C)(C)C(=O)Oc1ccc(OC)cc1.CCC(C)C(=O)OC.CCC(C)c1ccc(OC)c2ccccc12.CCC(C)c1ccc(OC)cc1.CCC1(C)CC(C)(C(=O)OC)OC1=O.COC(=O)CC1(C)CCC(C)(C(C)C)C(=O)O1. The van der Waals surface area contributed by atoms with Crippen LogP contribution in [0.2, 0.25) is 0 Å². The molecular weight excluding hydrogens is 1170 g/mol. The molecular formula is C75H116O17. The van der Waals surface area contributed by atoms with Crippen molar-refractivity contribution in [2.24, 2.45) is 33.5 Å². The Kier molecular flexibility index (Phi) is 36.9. The molecule has 0 radical (unpaired) electrons. The molecule has 7 unspecified atom stereocenters. The lowest BCUT2D eigenvalue weighted by Gasteiger charge is -2.43. The van der Waals surface area contributed by atoms with Crippen LogP contribution in [0.3, 0.4) is 0 Å². The van der Waals surface area contributed by atoms with E-state index in [1.165, 1.54) is 56.8 Å². The number of hydrogen-bond acceptors (Lipinski definition) is 17. The highest BCUT2D eigenvalue weighted by Gasteiger charge is 2.55. The molecule has 0 amide bonds. The third-order valence-electron chi connectivity index (χ3n) is 18.1. The van der Waals surface area contributed by atoms with Gasteiger partial charge in [0.05, 0.1) is 83.8 Å². The molecule has 2 fully saturated rings. The number of carbonyl (C=O) groups excluding carboxylic acids is 7. The molecule has 4 aromatic rings. The second-order valence-corrected chi connectivity index (χ2v) is 26.0. The fourth-order valence-electron chi connectivity index (χ4n) is 8.94. The molecule has 2 aliphatic heterocycles. The van der Waals surface area contributed by atoms with E-state index in [4.69, 9.17) is 28.4 Å². The predicted molar refractivity (Wildman–Crippen MR) is 364 cm³/mol. The largest absolute Gasteiger partial charge is 0.497 e. The Labute approximate surface area is 552 Å². The lowest BCUT2D eigenvalue weighted by molar-refractivity contribution is -0.189. The molecule has 0 aromatic heterocycles. The van der Waals surface area contributed by atoms with Crippen LogP contribution in [-0.2, 0) is 62.0 Å². The van der Waals surface area contributed by atoms with Crippen LogP contribution in [0.5, 0.6) is 23.0 Å². The van der Waals surface area contributed by atoms with E-state index in [9.17, 15) is 33.6 Å². The number of methoxy groups -OCH3 is 7. The maximum atomic E-state index is 12.1. The van der Waals surface area contributed by atoms with Crippen molar-refractivity contribution < 1.29 is 80.9 Å². The Hall–Kier alpha value is -7.17. The molecule has 0 N–H and O–H groups in total. The van der Waals surface area contributed by atoms with E-state index in [-0.39, 0.29) is 59.5 Å². The molecule has 17 nitrogen and oxygen atoms in total. The van der Waals surface area contributed by atoms with Crippen LogP contribution >= 0.6 is 0 Å². The molecule has 0 bridgehead atoms. The van der Waals surface area contributed by atoms with E-state index in [0.717, 1.165) is 49.4 Å². The monoisotopic (exact) mass is 1290 g/mol. The first-order valence-corrected chi connectivity index (χ1v) is 32.3. The van der Waals surface area contributed by atoms with Crippen LogP contribution in [0.4, 0.5) is 0 Å². The Morgan fingerprint density at radius 1 is 0.533 bits per heavy atom. The van der Waals surface area contributed by atoms with Crippen molar-refractivity contribution in [1.29, 1.82) is 0 Å². The molecule has 17 heteroatoms. The minimum atomic E-state index is -1.10. The average Bonchev–Trinajstić information content (AvgIpc) is 1.41. The summed E-state index contributed by atoms with van der Waals surface area (Å²) in [5.74, 6) is 2.92. The minimum absolute atomic E-state index is 0.0556. The second kappa shape index (κ2) is 40.1. The molecule has 7 atom stereocenters. The predicted octanol–water partition coefficient (Wildman–Crippen LogP) is 17.0. The summed E-state index contributed by atoms with van der Waals surface area (Å²) in [6.45, 7) is 37.3. The Morgan fingerprint density at radius 2 is 1.03 bits per heavy atom. The lowest BCUT2D eigenvalue weighted by atomic mass is 9.71. The summed E-state index contributed by atoms with van der Waals surface area (Å²) in [4.78, 5) is 79.4. The molecule has 6 rings (SSSR count). The fourth-order valence-corrected chi connectivity index (χ4v) is 8.94. The van der Waals surface area contributed by atoms with Gasteiger partial charge in [0.15, 0.2) is 0 Å². The summed E-state index contributed by atoms with van der Waals surface area (Å²) in [6.07, 6.45) is 7.40. The van der Waals surface area contributed by atoms with Gasteiger partial charge in [-0.1, -0.05) is 119 Å². The van der Waals surface area contributed by atoms with E-state index < -0.39 is 33.4 Å². The number of carbonyl (C=O) groups is 7. The van der Waals surface area contributed by atoms with Crippen molar-refractivity contribution in [2.75, 3.05) is 49.8 Å². The van der Waals surface area contributed by atoms with Crippen molar-refractivity contribution in [3.05, 3.63) is 96.1 Å². The molecule has 0 aliphatic carbocycles. The molecule has 2 saturated heterocycles. The number of cyclic esters (lactones) is 2. The highest BCUT2D eigenvalue weighted by atomic mass is 16.6. The molecule has 2 aliphatic rings. The maximum Gasteiger partial charge on any atom is 0.350 e. The van der Waals surface area contributed by atoms with Crippen molar-refractivity contribution >= 4 is 52.6 Å². The van der Waals surface area contributed by atoms with Crippen LogP contribution in [0, 0.1) is 33.5 Å². The van der Waals surface area contributed by atoms with E-state index in [1.807, 2.05) is 102 Å². The normalized spacial score (nSPS) is 19.7. The van der Waals surface area contributed by atoms with E-state index >= 15 is 0 Å². The number of fused-ring (bicyclic) bond motifs is 1. The number of hydrogen-bond donors (Lipinski definition) is 0. The summed E-state index contributed by atoms with van der Waals surface area (Å²) < 4.78 is 49.6. The van der Waals surface area contributed by atoms with Crippen LogP contribution in [0.15, 0.2) is 84.9 Å². The molecule has 2 heterocycles. The van der Waals surface area contributed by atoms with Gasteiger partial charge in [-0.2, -0.15) is 0 Å². The van der Waals surface area contributed by atoms with Gasteiger partial charge in [0.2, 0.25) is 5.60 Å².